The molecule has 0 aliphatic rings. The summed E-state index contributed by atoms with van der Waals surface area (Å²) in [5, 5.41) is 7.25. The number of hydrogen-bond acceptors (Lipinski definition) is 7. The number of fused-ring (bicyclic) bond motifs is 1. The molecule has 3 N–H and O–H groups in total. The zero-order chi connectivity index (χ0) is 17.4. The SMILES string of the molecule is Cc1cccc(C(=O)n2nc(Nc3ccc4ncsc4c3)nc2N)c1. The Morgan fingerprint density at radius 2 is 2.12 bits per heavy atom. The lowest BCUT2D eigenvalue weighted by atomic mass is 10.1. The molecule has 2 heterocycles. The Hall–Kier alpha value is -3.26. The average molecular weight is 350 g/mol. The Labute approximate surface area is 147 Å². The summed E-state index contributed by atoms with van der Waals surface area (Å²) >= 11 is 1.55. The minimum atomic E-state index is -0.320. The molecule has 25 heavy (non-hydrogen) atoms. The van der Waals surface area contributed by atoms with Crippen molar-refractivity contribution >= 4 is 45.0 Å². The number of benzene rings is 2. The van der Waals surface area contributed by atoms with Gasteiger partial charge in [-0.25, -0.2) is 4.98 Å². The van der Waals surface area contributed by atoms with E-state index in [-0.39, 0.29) is 17.8 Å². The van der Waals surface area contributed by atoms with Gasteiger partial charge >= 0.3 is 0 Å². The van der Waals surface area contributed by atoms with Gasteiger partial charge < -0.3 is 11.1 Å². The van der Waals surface area contributed by atoms with Gasteiger partial charge in [-0.05, 0) is 37.3 Å². The highest BCUT2D eigenvalue weighted by molar-refractivity contribution is 7.16. The molecule has 0 saturated heterocycles. The van der Waals surface area contributed by atoms with Crippen LogP contribution in [0.2, 0.25) is 0 Å². The molecule has 4 aromatic rings. The molecule has 2 aromatic heterocycles. The van der Waals surface area contributed by atoms with E-state index in [0.29, 0.717) is 5.56 Å². The van der Waals surface area contributed by atoms with E-state index in [1.807, 2.05) is 37.3 Å². The number of carbonyl (C=O) groups is 1. The summed E-state index contributed by atoms with van der Waals surface area (Å²) in [7, 11) is 0. The number of nitrogen functional groups attached to an aromatic ring is 1. The van der Waals surface area contributed by atoms with Crippen LogP contribution in [0.15, 0.2) is 48.0 Å². The summed E-state index contributed by atoms with van der Waals surface area (Å²) in [5.41, 5.74) is 10.9. The first-order chi connectivity index (χ1) is 12.1. The molecular weight excluding hydrogens is 336 g/mol. The van der Waals surface area contributed by atoms with Crippen molar-refractivity contribution in [3.63, 3.8) is 0 Å². The molecule has 0 atom stereocenters. The lowest BCUT2D eigenvalue weighted by molar-refractivity contribution is 0.0948. The van der Waals surface area contributed by atoms with Crippen molar-refractivity contribution in [1.29, 1.82) is 0 Å². The fourth-order valence-electron chi connectivity index (χ4n) is 2.49. The Morgan fingerprint density at radius 3 is 2.96 bits per heavy atom. The maximum Gasteiger partial charge on any atom is 0.281 e. The van der Waals surface area contributed by atoms with E-state index in [9.17, 15) is 4.79 Å². The van der Waals surface area contributed by atoms with Gasteiger partial charge in [-0.3, -0.25) is 4.79 Å². The molecule has 7 nitrogen and oxygen atoms in total. The lowest BCUT2D eigenvalue weighted by Gasteiger charge is -2.03. The van der Waals surface area contributed by atoms with Crippen LogP contribution >= 0.6 is 11.3 Å². The van der Waals surface area contributed by atoms with Gasteiger partial charge in [0.05, 0.1) is 15.7 Å². The third kappa shape index (κ3) is 2.94. The fraction of sp³-hybridized carbons (Fsp3) is 0.0588. The number of nitrogens with two attached hydrogens (primary N) is 1. The monoisotopic (exact) mass is 350 g/mol. The van der Waals surface area contributed by atoms with Gasteiger partial charge in [0, 0.05) is 11.3 Å². The zero-order valence-electron chi connectivity index (χ0n) is 13.3. The summed E-state index contributed by atoms with van der Waals surface area (Å²) in [6.45, 7) is 1.92. The largest absolute Gasteiger partial charge is 0.368 e. The summed E-state index contributed by atoms with van der Waals surface area (Å²) in [6.07, 6.45) is 0. The van der Waals surface area contributed by atoms with Gasteiger partial charge in [-0.2, -0.15) is 9.67 Å². The minimum Gasteiger partial charge on any atom is -0.368 e. The maximum atomic E-state index is 12.6. The number of carbonyl (C=O) groups excluding carboxylic acids is 1. The van der Waals surface area contributed by atoms with Crippen LogP contribution in [-0.2, 0) is 0 Å². The number of aryl methyl sites for hydroxylation is 1. The molecule has 0 spiro atoms. The molecule has 0 fully saturated rings. The van der Waals surface area contributed by atoms with Gasteiger partial charge in [0.15, 0.2) is 0 Å². The Kier molecular flexibility index (Phi) is 3.66. The molecule has 124 valence electrons. The van der Waals surface area contributed by atoms with Crippen molar-refractivity contribution in [3.05, 3.63) is 59.1 Å². The highest BCUT2D eigenvalue weighted by Crippen LogP contribution is 2.23. The number of nitrogens with zero attached hydrogens (tertiary/aromatic N) is 4. The standard InChI is InChI=1S/C17H14N6OS/c1-10-3-2-4-11(7-10)15(24)23-16(18)21-17(22-23)20-12-5-6-13-14(8-12)25-9-19-13/h2-9H,1H3,(H3,18,20,21,22). The van der Waals surface area contributed by atoms with Gasteiger partial charge in [0.2, 0.25) is 11.9 Å². The second kappa shape index (κ2) is 5.99. The lowest BCUT2D eigenvalue weighted by Crippen LogP contribution is -2.16. The van der Waals surface area contributed by atoms with Crippen LogP contribution in [0, 0.1) is 6.92 Å². The summed E-state index contributed by atoms with van der Waals surface area (Å²) in [4.78, 5) is 20.9. The fourth-order valence-corrected chi connectivity index (χ4v) is 3.21. The predicted octanol–water partition coefficient (Wildman–Crippen LogP) is 3.21. The van der Waals surface area contributed by atoms with Gasteiger partial charge in [0.1, 0.15) is 0 Å². The topological polar surface area (TPSA) is 98.7 Å². The number of aromatic nitrogens is 4. The van der Waals surface area contributed by atoms with Crippen molar-refractivity contribution in [2.24, 2.45) is 0 Å². The number of thiazole rings is 1. The van der Waals surface area contributed by atoms with Crippen LogP contribution in [0.5, 0.6) is 0 Å². The van der Waals surface area contributed by atoms with Crippen LogP contribution in [0.25, 0.3) is 10.2 Å². The third-order valence-corrected chi connectivity index (χ3v) is 4.47. The second-order valence-electron chi connectivity index (χ2n) is 5.54. The Balaban J connectivity index is 1.62. The molecule has 0 amide bonds. The summed E-state index contributed by atoms with van der Waals surface area (Å²) < 4.78 is 2.15. The quantitative estimate of drug-likeness (QED) is 0.589. The van der Waals surface area contributed by atoms with E-state index in [0.717, 1.165) is 26.1 Å². The highest BCUT2D eigenvalue weighted by Gasteiger charge is 2.16. The van der Waals surface area contributed by atoms with E-state index in [4.69, 9.17) is 5.73 Å². The van der Waals surface area contributed by atoms with Gasteiger partial charge in [0.25, 0.3) is 5.91 Å². The Morgan fingerprint density at radius 1 is 1.24 bits per heavy atom. The third-order valence-electron chi connectivity index (χ3n) is 3.68. The Bertz CT molecular complexity index is 1080. The normalized spacial score (nSPS) is 10.9. The van der Waals surface area contributed by atoms with E-state index >= 15 is 0 Å². The van der Waals surface area contributed by atoms with E-state index in [1.54, 1.807) is 29.0 Å². The van der Waals surface area contributed by atoms with Crippen molar-refractivity contribution in [2.45, 2.75) is 6.92 Å². The zero-order valence-corrected chi connectivity index (χ0v) is 14.1. The predicted molar refractivity (Wildman–Crippen MR) is 98.2 cm³/mol. The van der Waals surface area contributed by atoms with Gasteiger partial charge in [-0.15, -0.1) is 16.4 Å². The summed E-state index contributed by atoms with van der Waals surface area (Å²) in [6, 6.07) is 13.0. The van der Waals surface area contributed by atoms with E-state index < -0.39 is 0 Å². The van der Waals surface area contributed by atoms with Crippen LogP contribution in [0.4, 0.5) is 17.6 Å². The van der Waals surface area contributed by atoms with Crippen LogP contribution in [-0.4, -0.2) is 25.7 Å². The number of nitrogens with one attached hydrogen (secondary N) is 1. The maximum absolute atomic E-state index is 12.6. The first-order valence-corrected chi connectivity index (χ1v) is 8.42. The molecule has 0 saturated carbocycles. The highest BCUT2D eigenvalue weighted by atomic mass is 32.1. The first kappa shape index (κ1) is 15.3. The van der Waals surface area contributed by atoms with Crippen LogP contribution in [0.3, 0.4) is 0 Å². The smallest absolute Gasteiger partial charge is 0.281 e. The minimum absolute atomic E-state index is 0.0351. The molecule has 0 aliphatic carbocycles. The molecule has 2 aromatic carbocycles. The van der Waals surface area contributed by atoms with E-state index in [2.05, 4.69) is 20.4 Å². The molecule has 0 aliphatic heterocycles. The number of rotatable bonds is 3. The van der Waals surface area contributed by atoms with Crippen molar-refractivity contribution in [3.8, 4) is 0 Å². The van der Waals surface area contributed by atoms with Crippen molar-refractivity contribution in [2.75, 3.05) is 11.1 Å². The van der Waals surface area contributed by atoms with Crippen molar-refractivity contribution < 1.29 is 4.79 Å². The molecule has 0 radical (unpaired) electrons. The van der Waals surface area contributed by atoms with Crippen LogP contribution < -0.4 is 11.1 Å². The molecule has 4 rings (SSSR count). The number of hydrogen-bond donors (Lipinski definition) is 2. The van der Waals surface area contributed by atoms with Crippen molar-refractivity contribution in [1.82, 2.24) is 19.7 Å². The average Bonchev–Trinajstić information content (AvgIpc) is 3.20. The number of anilines is 3. The molecular formula is C17H14N6OS. The summed E-state index contributed by atoms with van der Waals surface area (Å²) in [5.74, 6) is -0.0186. The van der Waals surface area contributed by atoms with E-state index in [1.165, 1.54) is 0 Å². The first-order valence-electron chi connectivity index (χ1n) is 7.54. The molecule has 0 unspecified atom stereocenters. The molecule has 0 bridgehead atoms. The second-order valence-corrected chi connectivity index (χ2v) is 6.43. The van der Waals surface area contributed by atoms with Crippen LogP contribution in [0.1, 0.15) is 15.9 Å². The van der Waals surface area contributed by atoms with Gasteiger partial charge in [-0.1, -0.05) is 17.7 Å². The molecule has 8 heteroatoms.